The van der Waals surface area contributed by atoms with E-state index >= 15 is 0 Å². The van der Waals surface area contributed by atoms with Crippen molar-refractivity contribution in [3.8, 4) is 0 Å². The van der Waals surface area contributed by atoms with E-state index < -0.39 is 11.9 Å². The van der Waals surface area contributed by atoms with E-state index in [0.717, 1.165) is 0 Å². The fourth-order valence-corrected chi connectivity index (χ4v) is 5.35. The van der Waals surface area contributed by atoms with Gasteiger partial charge in [0, 0.05) is 11.6 Å². The predicted octanol–water partition coefficient (Wildman–Crippen LogP) is 3.62. The molecule has 110 valence electrons. The molecule has 0 aromatic carbocycles. The first-order chi connectivity index (χ1) is 8.99. The van der Waals surface area contributed by atoms with Gasteiger partial charge in [-0.1, -0.05) is 6.92 Å². The summed E-state index contributed by atoms with van der Waals surface area (Å²) in [6.07, 6.45) is 6.76. The summed E-state index contributed by atoms with van der Waals surface area (Å²) in [5.74, 6) is -2.40. The summed E-state index contributed by atoms with van der Waals surface area (Å²) in [7, 11) is 0. The Morgan fingerprint density at radius 1 is 1.00 bits per heavy atom. The van der Waals surface area contributed by atoms with Crippen LogP contribution >= 0.6 is 0 Å². The number of carboxylic acid groups (broad SMARTS) is 2. The standard InChI is InChI=1S/C6H8O4.2C4H9.Sn/c1-2-4(6(9)10)3-5(7)8;2*1-3-4-2;/h3H,2H2,1H3,(H,7,8)(H,9,10);2*1,3-4H2,2H3;/b4-3-;;;. The molecule has 0 aliphatic rings. The van der Waals surface area contributed by atoms with E-state index in [2.05, 4.69) is 13.8 Å². The predicted molar refractivity (Wildman–Crippen MR) is 78.8 cm³/mol. The minimum atomic E-state index is -1.22. The normalized spacial score (nSPS) is 10.6. The summed E-state index contributed by atoms with van der Waals surface area (Å²) in [6.45, 7) is 6.17. The number of unbranched alkanes of at least 4 members (excludes halogenated alkanes) is 2. The average Bonchev–Trinajstić information content (AvgIpc) is 2.36. The zero-order valence-electron chi connectivity index (χ0n) is 12.2. The van der Waals surface area contributed by atoms with Gasteiger partial charge in [0.15, 0.2) is 0 Å². The molecule has 4 nitrogen and oxygen atoms in total. The van der Waals surface area contributed by atoms with Gasteiger partial charge in [-0.25, -0.2) is 9.59 Å². The molecule has 2 radical (unpaired) electrons. The molecule has 0 saturated carbocycles. The van der Waals surface area contributed by atoms with Crippen LogP contribution in [0.1, 0.15) is 52.9 Å². The molecule has 0 atom stereocenters. The monoisotopic (exact) mass is 378 g/mol. The molecule has 0 aliphatic heterocycles. The molecule has 0 aromatic rings. The summed E-state index contributed by atoms with van der Waals surface area (Å²) in [5, 5.41) is 16.4. The molecule has 0 amide bonds. The number of hydrogen-bond donors (Lipinski definition) is 2. The average molecular weight is 377 g/mol. The zero-order chi connectivity index (χ0) is 15.1. The van der Waals surface area contributed by atoms with Crippen LogP contribution in [0.15, 0.2) is 11.6 Å². The van der Waals surface area contributed by atoms with Crippen molar-refractivity contribution >= 4 is 33.1 Å². The molecule has 0 aliphatic carbocycles. The van der Waals surface area contributed by atoms with Crippen LogP contribution in [0.4, 0.5) is 0 Å². The molecular weight excluding hydrogens is 351 g/mol. The Morgan fingerprint density at radius 3 is 1.68 bits per heavy atom. The summed E-state index contributed by atoms with van der Waals surface area (Å²) in [5.41, 5.74) is -0.0903. The maximum absolute atomic E-state index is 10.1. The van der Waals surface area contributed by atoms with Crippen molar-refractivity contribution in [2.45, 2.75) is 61.7 Å². The molecule has 0 heterocycles. The summed E-state index contributed by atoms with van der Waals surface area (Å²) < 4.78 is 3.25. The minimum absolute atomic E-state index is 0.0903. The summed E-state index contributed by atoms with van der Waals surface area (Å²) >= 11 is 0.149. The molecular formula is C14H26O4Sn. The molecule has 2 N–H and O–H groups in total. The number of rotatable bonds is 9. The van der Waals surface area contributed by atoms with Crippen molar-refractivity contribution in [2.75, 3.05) is 0 Å². The van der Waals surface area contributed by atoms with E-state index in [-0.39, 0.29) is 33.1 Å². The van der Waals surface area contributed by atoms with E-state index in [9.17, 15) is 9.59 Å². The van der Waals surface area contributed by atoms with E-state index in [1.165, 1.54) is 25.7 Å². The van der Waals surface area contributed by atoms with E-state index in [1.54, 1.807) is 15.8 Å². The quantitative estimate of drug-likeness (QED) is 0.366. The molecule has 0 spiro atoms. The van der Waals surface area contributed by atoms with Gasteiger partial charge >= 0.3 is 81.5 Å². The van der Waals surface area contributed by atoms with Crippen molar-refractivity contribution in [2.24, 2.45) is 0 Å². The fourth-order valence-electron chi connectivity index (χ4n) is 1.19. The third-order valence-electron chi connectivity index (χ3n) is 2.37. The van der Waals surface area contributed by atoms with Gasteiger partial charge in [-0.2, -0.15) is 0 Å². The van der Waals surface area contributed by atoms with Crippen LogP contribution in [-0.4, -0.2) is 43.3 Å². The molecule has 19 heavy (non-hydrogen) atoms. The fraction of sp³-hybridized carbons (Fsp3) is 0.714. The van der Waals surface area contributed by atoms with Crippen molar-refractivity contribution in [3.63, 3.8) is 0 Å². The van der Waals surface area contributed by atoms with Crippen LogP contribution in [-0.2, 0) is 9.59 Å². The Bertz CT molecular complexity index is 269. The van der Waals surface area contributed by atoms with E-state index in [1.807, 2.05) is 0 Å². The number of hydrogen-bond acceptors (Lipinski definition) is 2. The van der Waals surface area contributed by atoms with Gasteiger partial charge in [0.1, 0.15) is 0 Å². The molecule has 0 aromatic heterocycles. The van der Waals surface area contributed by atoms with Crippen LogP contribution in [0.25, 0.3) is 0 Å². The van der Waals surface area contributed by atoms with Gasteiger partial charge in [0.25, 0.3) is 0 Å². The Balaban J connectivity index is 0. The molecule has 0 fully saturated rings. The van der Waals surface area contributed by atoms with E-state index in [4.69, 9.17) is 10.2 Å². The van der Waals surface area contributed by atoms with E-state index in [0.29, 0.717) is 6.08 Å². The first kappa shape index (κ1) is 20.8. The third-order valence-corrected chi connectivity index (χ3v) is 6.40. The van der Waals surface area contributed by atoms with Crippen molar-refractivity contribution in [1.82, 2.24) is 0 Å². The van der Waals surface area contributed by atoms with Crippen LogP contribution in [0.3, 0.4) is 0 Å². The topological polar surface area (TPSA) is 74.6 Å². The van der Waals surface area contributed by atoms with Gasteiger partial charge < -0.3 is 10.2 Å². The maximum atomic E-state index is 10.1. The van der Waals surface area contributed by atoms with Crippen molar-refractivity contribution in [3.05, 3.63) is 11.6 Å². The Labute approximate surface area is 126 Å². The van der Waals surface area contributed by atoms with Crippen molar-refractivity contribution < 1.29 is 19.8 Å². The molecule has 0 rings (SSSR count). The first-order valence-corrected chi connectivity index (χ1v) is 10.9. The third kappa shape index (κ3) is 17.5. The zero-order valence-corrected chi connectivity index (χ0v) is 15.1. The number of carboxylic acids is 2. The van der Waals surface area contributed by atoms with Gasteiger partial charge in [0.05, 0.1) is 0 Å². The van der Waals surface area contributed by atoms with Gasteiger partial charge in [0.2, 0.25) is 0 Å². The SMILES string of the molecule is CC/C(=C/C(=O)O)C(=O)O.CCC[CH2][Sn][CH2]CCC. The van der Waals surface area contributed by atoms with Crippen LogP contribution in [0, 0.1) is 0 Å². The summed E-state index contributed by atoms with van der Waals surface area (Å²) in [4.78, 5) is 20.1. The van der Waals surface area contributed by atoms with Crippen LogP contribution < -0.4 is 0 Å². The Kier molecular flexibility index (Phi) is 17.0. The van der Waals surface area contributed by atoms with Crippen LogP contribution in [0.2, 0.25) is 8.87 Å². The van der Waals surface area contributed by atoms with Gasteiger partial charge in [-0.05, 0) is 6.42 Å². The summed E-state index contributed by atoms with van der Waals surface area (Å²) in [6, 6.07) is 0. The Morgan fingerprint density at radius 2 is 1.47 bits per heavy atom. The Hall–Kier alpha value is -0.521. The molecule has 0 saturated heterocycles. The number of aliphatic carboxylic acids is 2. The van der Waals surface area contributed by atoms with Crippen molar-refractivity contribution in [1.29, 1.82) is 0 Å². The molecule has 0 bridgehead atoms. The second-order valence-electron chi connectivity index (χ2n) is 4.12. The second kappa shape index (κ2) is 15.5. The van der Waals surface area contributed by atoms with Crippen LogP contribution in [0.5, 0.6) is 0 Å². The first-order valence-electron chi connectivity index (χ1n) is 6.86. The number of carbonyl (C=O) groups is 2. The van der Waals surface area contributed by atoms with Gasteiger partial charge in [-0.3, -0.25) is 0 Å². The molecule has 0 unspecified atom stereocenters. The van der Waals surface area contributed by atoms with Gasteiger partial charge in [-0.15, -0.1) is 0 Å². The molecule has 5 heteroatoms. The second-order valence-corrected chi connectivity index (χ2v) is 8.40.